The van der Waals surface area contributed by atoms with Crippen molar-refractivity contribution in [2.24, 2.45) is 0 Å². The summed E-state index contributed by atoms with van der Waals surface area (Å²) in [7, 11) is 0. The maximum absolute atomic E-state index is 10.8. The molecular formula is C8H13ClO2. The van der Waals surface area contributed by atoms with Crippen LogP contribution in [0.1, 0.15) is 32.6 Å². The Balaban J connectivity index is 2.24. The van der Waals surface area contributed by atoms with E-state index in [0.29, 0.717) is 6.42 Å². The number of halogens is 1. The first-order valence-corrected chi connectivity index (χ1v) is 4.52. The van der Waals surface area contributed by atoms with E-state index in [2.05, 4.69) is 6.92 Å². The molecule has 1 rings (SSSR count). The summed E-state index contributed by atoms with van der Waals surface area (Å²) in [5, 5.41) is -0.392. The summed E-state index contributed by atoms with van der Waals surface area (Å²) < 4.78 is 5.00. The van der Waals surface area contributed by atoms with Crippen LogP contribution in [0.25, 0.3) is 0 Å². The van der Waals surface area contributed by atoms with Gasteiger partial charge in [0, 0.05) is 6.42 Å². The topological polar surface area (TPSA) is 26.3 Å². The molecule has 0 amide bonds. The molecule has 3 heteroatoms. The molecule has 1 saturated heterocycles. The van der Waals surface area contributed by atoms with Gasteiger partial charge in [-0.15, -0.1) is 11.6 Å². The lowest BCUT2D eigenvalue weighted by Crippen LogP contribution is -2.06. The van der Waals surface area contributed by atoms with Gasteiger partial charge >= 0.3 is 5.97 Å². The van der Waals surface area contributed by atoms with Gasteiger partial charge in [-0.25, -0.2) is 0 Å². The van der Waals surface area contributed by atoms with Gasteiger partial charge in [0.1, 0.15) is 11.5 Å². The molecule has 0 bridgehead atoms. The van der Waals surface area contributed by atoms with Gasteiger partial charge in [-0.3, -0.25) is 4.79 Å². The summed E-state index contributed by atoms with van der Waals surface area (Å²) in [4.78, 5) is 10.8. The van der Waals surface area contributed by atoms with Crippen molar-refractivity contribution in [3.05, 3.63) is 0 Å². The minimum absolute atomic E-state index is 0.0879. The fourth-order valence-electron chi connectivity index (χ4n) is 1.22. The number of rotatable bonds is 3. The van der Waals surface area contributed by atoms with Crippen molar-refractivity contribution < 1.29 is 9.53 Å². The highest BCUT2D eigenvalue weighted by atomic mass is 35.5. The number of carbonyl (C=O) groups excluding carboxylic acids is 1. The highest BCUT2D eigenvalue weighted by molar-refractivity contribution is 6.30. The fraction of sp³-hybridized carbons (Fsp3) is 0.875. The molecule has 2 nitrogen and oxygen atoms in total. The average molecular weight is 177 g/mol. The SMILES string of the molecule is CCCC[C@@H]1C[C@@H](Cl)C(=O)O1. The van der Waals surface area contributed by atoms with E-state index >= 15 is 0 Å². The standard InChI is InChI=1S/C8H13ClO2/c1-2-3-4-6-5-7(9)8(10)11-6/h6-7H,2-5H2,1H3/t6-,7-/m1/s1. The van der Waals surface area contributed by atoms with E-state index in [4.69, 9.17) is 16.3 Å². The number of esters is 1. The Labute approximate surface area is 71.9 Å². The van der Waals surface area contributed by atoms with Crippen molar-refractivity contribution >= 4 is 17.6 Å². The van der Waals surface area contributed by atoms with E-state index in [-0.39, 0.29) is 12.1 Å². The first-order valence-electron chi connectivity index (χ1n) is 4.08. The van der Waals surface area contributed by atoms with E-state index in [1.807, 2.05) is 0 Å². The summed E-state index contributed by atoms with van der Waals surface area (Å²) in [6.07, 6.45) is 4.00. The van der Waals surface area contributed by atoms with Crippen molar-refractivity contribution in [1.82, 2.24) is 0 Å². The van der Waals surface area contributed by atoms with Gasteiger partial charge < -0.3 is 4.74 Å². The number of alkyl halides is 1. The zero-order chi connectivity index (χ0) is 8.27. The molecule has 1 heterocycles. The summed E-state index contributed by atoms with van der Waals surface area (Å²) >= 11 is 5.66. The predicted octanol–water partition coefficient (Wildman–Crippen LogP) is 2.10. The third kappa shape index (κ3) is 2.37. The van der Waals surface area contributed by atoms with Gasteiger partial charge in [0.05, 0.1) is 0 Å². The fourth-order valence-corrected chi connectivity index (χ4v) is 1.47. The highest BCUT2D eigenvalue weighted by Gasteiger charge is 2.31. The molecule has 0 N–H and O–H groups in total. The zero-order valence-electron chi connectivity index (χ0n) is 6.68. The molecule has 0 spiro atoms. The van der Waals surface area contributed by atoms with Gasteiger partial charge in [0.2, 0.25) is 0 Å². The summed E-state index contributed by atoms with van der Waals surface area (Å²) in [6, 6.07) is 0. The van der Waals surface area contributed by atoms with E-state index in [9.17, 15) is 4.79 Å². The summed E-state index contributed by atoms with van der Waals surface area (Å²) in [5.74, 6) is -0.243. The van der Waals surface area contributed by atoms with Gasteiger partial charge in [-0.2, -0.15) is 0 Å². The van der Waals surface area contributed by atoms with Gasteiger partial charge in [0.25, 0.3) is 0 Å². The highest BCUT2D eigenvalue weighted by Crippen LogP contribution is 2.23. The Morgan fingerprint density at radius 3 is 2.91 bits per heavy atom. The van der Waals surface area contributed by atoms with Gasteiger partial charge in [-0.05, 0) is 6.42 Å². The van der Waals surface area contributed by atoms with Crippen LogP contribution in [0, 0.1) is 0 Å². The molecule has 64 valence electrons. The summed E-state index contributed by atoms with van der Waals surface area (Å²) in [6.45, 7) is 2.12. The van der Waals surface area contributed by atoms with Crippen molar-refractivity contribution in [3.8, 4) is 0 Å². The monoisotopic (exact) mass is 176 g/mol. The number of hydrogen-bond donors (Lipinski definition) is 0. The Hall–Kier alpha value is -0.240. The Morgan fingerprint density at radius 2 is 2.45 bits per heavy atom. The molecule has 1 aliphatic rings. The number of ether oxygens (including phenoxy) is 1. The summed E-state index contributed by atoms with van der Waals surface area (Å²) in [5.41, 5.74) is 0. The first-order chi connectivity index (χ1) is 5.24. The molecule has 2 atom stereocenters. The van der Waals surface area contributed by atoms with Crippen LogP contribution in [0.5, 0.6) is 0 Å². The zero-order valence-corrected chi connectivity index (χ0v) is 7.43. The molecule has 11 heavy (non-hydrogen) atoms. The van der Waals surface area contributed by atoms with Crippen LogP contribution in [-0.2, 0) is 9.53 Å². The van der Waals surface area contributed by atoms with Gasteiger partial charge in [-0.1, -0.05) is 19.8 Å². The van der Waals surface area contributed by atoms with Crippen LogP contribution in [-0.4, -0.2) is 17.5 Å². The Kier molecular flexibility index (Phi) is 3.18. The van der Waals surface area contributed by atoms with E-state index in [1.165, 1.54) is 0 Å². The number of hydrogen-bond acceptors (Lipinski definition) is 2. The molecule has 0 aromatic rings. The minimum atomic E-state index is -0.392. The van der Waals surface area contributed by atoms with E-state index < -0.39 is 5.38 Å². The van der Waals surface area contributed by atoms with Crippen molar-refractivity contribution in [2.75, 3.05) is 0 Å². The lowest BCUT2D eigenvalue weighted by atomic mass is 10.1. The Morgan fingerprint density at radius 1 is 1.73 bits per heavy atom. The molecular weight excluding hydrogens is 164 g/mol. The van der Waals surface area contributed by atoms with Crippen LogP contribution in [0.15, 0.2) is 0 Å². The Bertz CT molecular complexity index is 147. The third-order valence-electron chi connectivity index (χ3n) is 1.89. The normalized spacial score (nSPS) is 30.5. The van der Waals surface area contributed by atoms with Crippen LogP contribution >= 0.6 is 11.6 Å². The predicted molar refractivity (Wildman–Crippen MR) is 43.7 cm³/mol. The van der Waals surface area contributed by atoms with E-state index in [0.717, 1.165) is 19.3 Å². The maximum Gasteiger partial charge on any atom is 0.324 e. The molecule has 0 unspecified atom stereocenters. The molecule has 0 radical (unpaired) electrons. The number of unbranched alkanes of at least 4 members (excludes halogenated alkanes) is 1. The molecule has 0 aliphatic carbocycles. The van der Waals surface area contributed by atoms with Gasteiger partial charge in [0.15, 0.2) is 0 Å². The average Bonchev–Trinajstić information content (AvgIpc) is 2.28. The number of cyclic esters (lactones) is 1. The molecule has 1 fully saturated rings. The lowest BCUT2D eigenvalue weighted by Gasteiger charge is -2.05. The van der Waals surface area contributed by atoms with Crippen LogP contribution < -0.4 is 0 Å². The second kappa shape index (κ2) is 3.96. The second-order valence-electron chi connectivity index (χ2n) is 2.90. The molecule has 0 saturated carbocycles. The van der Waals surface area contributed by atoms with Crippen molar-refractivity contribution in [2.45, 2.75) is 44.1 Å². The maximum atomic E-state index is 10.8. The second-order valence-corrected chi connectivity index (χ2v) is 3.43. The third-order valence-corrected chi connectivity index (χ3v) is 2.24. The van der Waals surface area contributed by atoms with Crippen LogP contribution in [0.4, 0.5) is 0 Å². The van der Waals surface area contributed by atoms with E-state index in [1.54, 1.807) is 0 Å². The smallest absolute Gasteiger partial charge is 0.324 e. The van der Waals surface area contributed by atoms with Crippen LogP contribution in [0.2, 0.25) is 0 Å². The van der Waals surface area contributed by atoms with Crippen LogP contribution in [0.3, 0.4) is 0 Å². The van der Waals surface area contributed by atoms with Crippen molar-refractivity contribution in [3.63, 3.8) is 0 Å². The first kappa shape index (κ1) is 8.85. The largest absolute Gasteiger partial charge is 0.461 e. The molecule has 1 aliphatic heterocycles. The minimum Gasteiger partial charge on any atom is -0.461 e. The quantitative estimate of drug-likeness (QED) is 0.486. The molecule has 0 aromatic heterocycles. The molecule has 0 aromatic carbocycles. The number of carbonyl (C=O) groups is 1. The van der Waals surface area contributed by atoms with Crippen molar-refractivity contribution in [1.29, 1.82) is 0 Å². The lowest BCUT2D eigenvalue weighted by molar-refractivity contribution is -0.141.